The minimum absolute atomic E-state index is 0.0908. The molecular weight excluding hydrogens is 214 g/mol. The first kappa shape index (κ1) is 12.1. The number of ether oxygens (including phenoxy) is 1. The molecule has 1 aliphatic rings. The predicted molar refractivity (Wildman–Crippen MR) is 67.5 cm³/mol. The highest BCUT2D eigenvalue weighted by atomic mass is 16.5. The number of rotatable bonds is 4. The zero-order valence-electron chi connectivity index (χ0n) is 10.2. The summed E-state index contributed by atoms with van der Waals surface area (Å²) in [7, 11) is 0. The van der Waals surface area contributed by atoms with Crippen molar-refractivity contribution >= 4 is 5.78 Å². The first-order valence-electron chi connectivity index (χ1n) is 6.20. The third-order valence-electron chi connectivity index (χ3n) is 3.15. The zero-order valence-corrected chi connectivity index (χ0v) is 10.2. The Morgan fingerprint density at radius 3 is 2.76 bits per heavy atom. The molecule has 1 aromatic carbocycles. The number of hydrogen-bond donors (Lipinski definition) is 1. The molecule has 0 saturated carbocycles. The van der Waals surface area contributed by atoms with Crippen molar-refractivity contribution in [3.63, 3.8) is 0 Å². The first-order valence-corrected chi connectivity index (χ1v) is 6.20. The lowest BCUT2D eigenvalue weighted by atomic mass is 10.0. The predicted octanol–water partition coefficient (Wildman–Crippen LogP) is 2.27. The summed E-state index contributed by atoms with van der Waals surface area (Å²) in [6.45, 7) is 4.51. The van der Waals surface area contributed by atoms with Gasteiger partial charge in [-0.2, -0.15) is 0 Å². The molecule has 0 amide bonds. The Morgan fingerprint density at radius 2 is 2.18 bits per heavy atom. The lowest BCUT2D eigenvalue weighted by Gasteiger charge is -2.22. The summed E-state index contributed by atoms with van der Waals surface area (Å²) in [4.78, 5) is 11.1. The summed E-state index contributed by atoms with van der Waals surface area (Å²) >= 11 is 0. The third kappa shape index (κ3) is 3.56. The van der Waals surface area contributed by atoms with E-state index in [9.17, 15) is 4.79 Å². The van der Waals surface area contributed by atoms with E-state index < -0.39 is 0 Å². The molecule has 1 fully saturated rings. The lowest BCUT2D eigenvalue weighted by molar-refractivity contribution is 0.101. The van der Waals surface area contributed by atoms with Crippen molar-refractivity contribution in [3.05, 3.63) is 29.8 Å². The van der Waals surface area contributed by atoms with Gasteiger partial charge in [0.25, 0.3) is 0 Å². The van der Waals surface area contributed by atoms with Gasteiger partial charge in [-0.15, -0.1) is 0 Å². The highest BCUT2D eigenvalue weighted by molar-refractivity contribution is 5.94. The van der Waals surface area contributed by atoms with Gasteiger partial charge < -0.3 is 10.1 Å². The summed E-state index contributed by atoms with van der Waals surface area (Å²) in [5.41, 5.74) is 0.733. The van der Waals surface area contributed by atoms with Crippen LogP contribution in [0.1, 0.15) is 30.1 Å². The molecule has 92 valence electrons. The number of piperidine rings is 1. The Hall–Kier alpha value is -1.35. The Kier molecular flexibility index (Phi) is 4.15. The fourth-order valence-electron chi connectivity index (χ4n) is 2.07. The lowest BCUT2D eigenvalue weighted by Crippen LogP contribution is -2.33. The van der Waals surface area contributed by atoms with E-state index in [2.05, 4.69) is 5.32 Å². The highest BCUT2D eigenvalue weighted by Gasteiger charge is 2.13. The van der Waals surface area contributed by atoms with Gasteiger partial charge in [0, 0.05) is 18.0 Å². The number of Topliss-reactive ketones (excluding diaryl/α,β-unsaturated/α-hetero) is 1. The highest BCUT2D eigenvalue weighted by Crippen LogP contribution is 2.16. The van der Waals surface area contributed by atoms with Crippen LogP contribution in [0.15, 0.2) is 24.3 Å². The van der Waals surface area contributed by atoms with E-state index in [-0.39, 0.29) is 5.78 Å². The van der Waals surface area contributed by atoms with Crippen molar-refractivity contribution in [2.45, 2.75) is 19.8 Å². The van der Waals surface area contributed by atoms with Crippen molar-refractivity contribution in [1.82, 2.24) is 5.32 Å². The van der Waals surface area contributed by atoms with Crippen LogP contribution in [0.4, 0.5) is 0 Å². The van der Waals surface area contributed by atoms with E-state index in [4.69, 9.17) is 4.74 Å². The molecule has 1 saturated heterocycles. The number of ketones is 1. The van der Waals surface area contributed by atoms with Crippen molar-refractivity contribution < 1.29 is 9.53 Å². The third-order valence-corrected chi connectivity index (χ3v) is 3.15. The summed E-state index contributed by atoms with van der Waals surface area (Å²) < 4.78 is 5.73. The second-order valence-corrected chi connectivity index (χ2v) is 4.60. The SMILES string of the molecule is CC(=O)c1ccc(OCC2CCCNC2)cc1. The van der Waals surface area contributed by atoms with Crippen LogP contribution in [-0.2, 0) is 0 Å². The standard InChI is InChI=1S/C14H19NO2/c1-11(16)13-4-6-14(7-5-13)17-10-12-3-2-8-15-9-12/h4-7,12,15H,2-3,8-10H2,1H3. The van der Waals surface area contributed by atoms with E-state index in [0.29, 0.717) is 5.92 Å². The van der Waals surface area contributed by atoms with Crippen LogP contribution in [0.2, 0.25) is 0 Å². The quantitative estimate of drug-likeness (QED) is 0.811. The minimum atomic E-state index is 0.0908. The number of benzene rings is 1. The number of carbonyl (C=O) groups excluding carboxylic acids is 1. The van der Waals surface area contributed by atoms with Gasteiger partial charge in [0.1, 0.15) is 5.75 Å². The molecule has 3 heteroatoms. The van der Waals surface area contributed by atoms with Gasteiger partial charge in [0.15, 0.2) is 5.78 Å². The second-order valence-electron chi connectivity index (χ2n) is 4.60. The molecule has 1 aromatic rings. The number of hydrogen-bond acceptors (Lipinski definition) is 3. The molecule has 1 heterocycles. The molecule has 1 unspecified atom stereocenters. The largest absolute Gasteiger partial charge is 0.493 e. The molecule has 3 nitrogen and oxygen atoms in total. The number of nitrogens with one attached hydrogen (secondary N) is 1. The second kappa shape index (κ2) is 5.82. The summed E-state index contributed by atoms with van der Waals surface area (Å²) in [6, 6.07) is 7.37. The van der Waals surface area contributed by atoms with Crippen molar-refractivity contribution in [2.24, 2.45) is 5.92 Å². The fraction of sp³-hybridized carbons (Fsp3) is 0.500. The molecule has 1 N–H and O–H groups in total. The van der Waals surface area contributed by atoms with Crippen LogP contribution in [0.25, 0.3) is 0 Å². The molecule has 0 aromatic heterocycles. The average molecular weight is 233 g/mol. The summed E-state index contributed by atoms with van der Waals surface area (Å²) in [5.74, 6) is 1.55. The van der Waals surface area contributed by atoms with Crippen LogP contribution < -0.4 is 10.1 Å². The number of carbonyl (C=O) groups is 1. The van der Waals surface area contributed by atoms with Gasteiger partial charge in [-0.05, 0) is 50.6 Å². The molecule has 1 aliphatic heterocycles. The zero-order chi connectivity index (χ0) is 12.1. The Balaban J connectivity index is 1.84. The maximum absolute atomic E-state index is 11.1. The van der Waals surface area contributed by atoms with Crippen molar-refractivity contribution in [2.75, 3.05) is 19.7 Å². The maximum atomic E-state index is 11.1. The smallest absolute Gasteiger partial charge is 0.159 e. The molecule has 0 radical (unpaired) electrons. The van der Waals surface area contributed by atoms with E-state index in [0.717, 1.165) is 31.0 Å². The molecule has 2 rings (SSSR count). The van der Waals surface area contributed by atoms with Gasteiger partial charge in [0.05, 0.1) is 6.61 Å². The van der Waals surface area contributed by atoms with Crippen molar-refractivity contribution in [3.8, 4) is 5.75 Å². The Bertz CT molecular complexity index is 366. The van der Waals surface area contributed by atoms with E-state index in [1.807, 2.05) is 24.3 Å². The maximum Gasteiger partial charge on any atom is 0.159 e. The normalized spacial score (nSPS) is 19.9. The van der Waals surface area contributed by atoms with E-state index in [1.165, 1.54) is 12.8 Å². The molecule has 0 bridgehead atoms. The summed E-state index contributed by atoms with van der Waals surface area (Å²) in [6.07, 6.45) is 2.47. The molecule has 0 aliphatic carbocycles. The molecule has 17 heavy (non-hydrogen) atoms. The van der Waals surface area contributed by atoms with Gasteiger partial charge in [-0.3, -0.25) is 4.79 Å². The van der Waals surface area contributed by atoms with Crippen LogP contribution in [0.5, 0.6) is 5.75 Å². The van der Waals surface area contributed by atoms with Crippen LogP contribution in [0.3, 0.4) is 0 Å². The fourth-order valence-corrected chi connectivity index (χ4v) is 2.07. The Morgan fingerprint density at radius 1 is 1.41 bits per heavy atom. The van der Waals surface area contributed by atoms with Gasteiger partial charge >= 0.3 is 0 Å². The molecule has 0 spiro atoms. The van der Waals surface area contributed by atoms with Gasteiger partial charge in [-0.25, -0.2) is 0 Å². The molecular formula is C14H19NO2. The van der Waals surface area contributed by atoms with Gasteiger partial charge in [-0.1, -0.05) is 0 Å². The van der Waals surface area contributed by atoms with E-state index in [1.54, 1.807) is 6.92 Å². The minimum Gasteiger partial charge on any atom is -0.493 e. The monoisotopic (exact) mass is 233 g/mol. The average Bonchev–Trinajstić information content (AvgIpc) is 2.38. The molecule has 1 atom stereocenters. The van der Waals surface area contributed by atoms with E-state index >= 15 is 0 Å². The van der Waals surface area contributed by atoms with Crippen LogP contribution in [0, 0.1) is 5.92 Å². The van der Waals surface area contributed by atoms with Crippen LogP contribution in [-0.4, -0.2) is 25.5 Å². The Labute approximate surface area is 102 Å². The topological polar surface area (TPSA) is 38.3 Å². The van der Waals surface area contributed by atoms with Crippen LogP contribution >= 0.6 is 0 Å². The first-order chi connectivity index (χ1) is 8.25. The van der Waals surface area contributed by atoms with Crippen molar-refractivity contribution in [1.29, 1.82) is 0 Å². The summed E-state index contributed by atoms with van der Waals surface area (Å²) in [5, 5.41) is 3.37. The van der Waals surface area contributed by atoms with Gasteiger partial charge in [0.2, 0.25) is 0 Å².